The van der Waals surface area contributed by atoms with Crippen molar-refractivity contribution >= 4 is 11.8 Å². The van der Waals surface area contributed by atoms with E-state index in [9.17, 15) is 9.59 Å². The molecule has 1 N–H and O–H groups in total. The fraction of sp³-hybridized carbons (Fsp3) is 0.529. The number of nitrogens with zero attached hydrogens (tertiary/aromatic N) is 1. The van der Waals surface area contributed by atoms with Crippen LogP contribution in [0.25, 0.3) is 0 Å². The van der Waals surface area contributed by atoms with Gasteiger partial charge in [-0.1, -0.05) is 50.6 Å². The summed E-state index contributed by atoms with van der Waals surface area (Å²) in [5.74, 6) is -0.0850. The number of carbonyl (C=O) groups is 2. The zero-order valence-corrected chi connectivity index (χ0v) is 13.3. The van der Waals surface area contributed by atoms with Crippen molar-refractivity contribution in [2.24, 2.45) is 0 Å². The highest BCUT2D eigenvalue weighted by molar-refractivity contribution is 5.87. The van der Waals surface area contributed by atoms with Crippen LogP contribution in [0, 0.1) is 0 Å². The van der Waals surface area contributed by atoms with E-state index < -0.39 is 6.04 Å². The van der Waals surface area contributed by atoms with Gasteiger partial charge in [-0.3, -0.25) is 9.59 Å². The molecule has 0 spiro atoms. The predicted octanol–water partition coefficient (Wildman–Crippen LogP) is 2.73. The first kappa shape index (κ1) is 17.2. The Morgan fingerprint density at radius 2 is 1.86 bits per heavy atom. The van der Waals surface area contributed by atoms with Gasteiger partial charge in [-0.25, -0.2) is 0 Å². The smallest absolute Gasteiger partial charge is 0.242 e. The van der Waals surface area contributed by atoms with Gasteiger partial charge in [0.1, 0.15) is 6.04 Å². The van der Waals surface area contributed by atoms with Crippen LogP contribution in [-0.4, -0.2) is 29.3 Å². The minimum absolute atomic E-state index is 0.00278. The molecule has 0 bridgehead atoms. The van der Waals surface area contributed by atoms with Crippen molar-refractivity contribution < 1.29 is 9.59 Å². The normalized spacial score (nSPS) is 11.8. The van der Waals surface area contributed by atoms with Gasteiger partial charge < -0.3 is 10.2 Å². The lowest BCUT2D eigenvalue weighted by atomic mass is 10.1. The third kappa shape index (κ3) is 5.58. The molecule has 0 saturated heterocycles. The molecule has 0 heterocycles. The number of benzene rings is 1. The number of hydrogen-bond acceptors (Lipinski definition) is 2. The van der Waals surface area contributed by atoms with Gasteiger partial charge in [0.2, 0.25) is 11.8 Å². The number of hydrogen-bond donors (Lipinski definition) is 1. The lowest BCUT2D eigenvalue weighted by molar-refractivity contribution is -0.140. The van der Waals surface area contributed by atoms with Crippen LogP contribution in [0.3, 0.4) is 0 Å². The van der Waals surface area contributed by atoms with Crippen molar-refractivity contribution in [2.75, 3.05) is 6.54 Å². The molecule has 0 radical (unpaired) electrons. The highest BCUT2D eigenvalue weighted by atomic mass is 16.2. The van der Waals surface area contributed by atoms with E-state index in [2.05, 4.69) is 12.2 Å². The molecule has 1 unspecified atom stereocenters. The van der Waals surface area contributed by atoms with Gasteiger partial charge in [0.25, 0.3) is 0 Å². The molecule has 4 nitrogen and oxygen atoms in total. The quantitative estimate of drug-likeness (QED) is 0.748. The topological polar surface area (TPSA) is 49.4 Å². The standard InChI is InChI=1S/C17H26N2O2/c1-4-6-12-18-17(21)14(3)19(16(20)5-2)13-15-10-8-7-9-11-15/h7-11,14H,4-6,12-13H2,1-3H3,(H,18,21). The molecule has 0 aliphatic rings. The van der Waals surface area contributed by atoms with Crippen LogP contribution < -0.4 is 5.32 Å². The second-order valence-corrected chi connectivity index (χ2v) is 5.18. The molecule has 4 heteroatoms. The van der Waals surface area contributed by atoms with Crippen LogP contribution in [0.15, 0.2) is 30.3 Å². The number of carbonyl (C=O) groups excluding carboxylic acids is 2. The highest BCUT2D eigenvalue weighted by Gasteiger charge is 2.24. The van der Waals surface area contributed by atoms with E-state index in [1.807, 2.05) is 37.3 Å². The largest absolute Gasteiger partial charge is 0.354 e. The van der Waals surface area contributed by atoms with Crippen LogP contribution >= 0.6 is 0 Å². The van der Waals surface area contributed by atoms with Gasteiger partial charge in [0, 0.05) is 19.5 Å². The number of unbranched alkanes of at least 4 members (excludes halogenated alkanes) is 1. The average Bonchev–Trinajstić information content (AvgIpc) is 2.52. The Hall–Kier alpha value is -1.84. The van der Waals surface area contributed by atoms with Crippen LogP contribution in [0.5, 0.6) is 0 Å². The van der Waals surface area contributed by atoms with E-state index in [4.69, 9.17) is 0 Å². The molecular weight excluding hydrogens is 264 g/mol. The average molecular weight is 290 g/mol. The molecule has 2 amide bonds. The van der Waals surface area contributed by atoms with Crippen molar-refractivity contribution in [3.8, 4) is 0 Å². The fourth-order valence-corrected chi connectivity index (χ4v) is 2.10. The van der Waals surface area contributed by atoms with Crippen LogP contribution in [0.4, 0.5) is 0 Å². The van der Waals surface area contributed by atoms with Crippen LogP contribution in [0.2, 0.25) is 0 Å². The highest BCUT2D eigenvalue weighted by Crippen LogP contribution is 2.10. The molecule has 1 atom stereocenters. The van der Waals surface area contributed by atoms with Gasteiger partial charge in [0.05, 0.1) is 0 Å². The lowest BCUT2D eigenvalue weighted by Crippen LogP contribution is -2.47. The third-order valence-corrected chi connectivity index (χ3v) is 3.50. The zero-order valence-electron chi connectivity index (χ0n) is 13.3. The Morgan fingerprint density at radius 3 is 2.43 bits per heavy atom. The molecule has 1 aromatic carbocycles. The number of rotatable bonds is 8. The predicted molar refractivity (Wildman–Crippen MR) is 84.7 cm³/mol. The van der Waals surface area contributed by atoms with Crippen molar-refractivity contribution in [1.82, 2.24) is 10.2 Å². The van der Waals surface area contributed by atoms with Gasteiger partial charge in [-0.2, -0.15) is 0 Å². The van der Waals surface area contributed by atoms with E-state index in [0.717, 1.165) is 18.4 Å². The van der Waals surface area contributed by atoms with Gasteiger partial charge in [-0.15, -0.1) is 0 Å². The van der Waals surface area contributed by atoms with E-state index in [1.54, 1.807) is 11.8 Å². The van der Waals surface area contributed by atoms with E-state index >= 15 is 0 Å². The first-order valence-corrected chi connectivity index (χ1v) is 7.71. The molecule has 21 heavy (non-hydrogen) atoms. The first-order valence-electron chi connectivity index (χ1n) is 7.71. The second-order valence-electron chi connectivity index (χ2n) is 5.18. The van der Waals surface area contributed by atoms with Crippen LogP contribution in [-0.2, 0) is 16.1 Å². The Labute approximate surface area is 127 Å². The molecule has 1 rings (SSSR count). The van der Waals surface area contributed by atoms with Gasteiger partial charge >= 0.3 is 0 Å². The van der Waals surface area contributed by atoms with E-state index in [0.29, 0.717) is 19.5 Å². The summed E-state index contributed by atoms with van der Waals surface area (Å²) in [7, 11) is 0. The third-order valence-electron chi connectivity index (χ3n) is 3.50. The maximum Gasteiger partial charge on any atom is 0.242 e. The van der Waals surface area contributed by atoms with E-state index in [-0.39, 0.29) is 11.8 Å². The van der Waals surface area contributed by atoms with Gasteiger partial charge in [0.15, 0.2) is 0 Å². The molecule has 0 aliphatic heterocycles. The maximum absolute atomic E-state index is 12.2. The lowest BCUT2D eigenvalue weighted by Gasteiger charge is -2.28. The summed E-state index contributed by atoms with van der Waals surface area (Å²) in [4.78, 5) is 26.0. The molecule has 1 aromatic rings. The number of nitrogens with one attached hydrogen (secondary N) is 1. The summed E-state index contributed by atoms with van der Waals surface area (Å²) < 4.78 is 0. The summed E-state index contributed by atoms with van der Waals surface area (Å²) in [6, 6.07) is 9.31. The molecular formula is C17H26N2O2. The van der Waals surface area contributed by atoms with Crippen molar-refractivity contribution in [2.45, 2.75) is 52.6 Å². The Kier molecular flexibility index (Phi) is 7.51. The minimum Gasteiger partial charge on any atom is -0.354 e. The fourth-order valence-electron chi connectivity index (χ4n) is 2.10. The summed E-state index contributed by atoms with van der Waals surface area (Å²) in [6.07, 6.45) is 2.40. The van der Waals surface area contributed by atoms with E-state index in [1.165, 1.54) is 0 Å². The van der Waals surface area contributed by atoms with Gasteiger partial charge in [-0.05, 0) is 18.9 Å². The SMILES string of the molecule is CCCCNC(=O)C(C)N(Cc1ccccc1)C(=O)CC. The maximum atomic E-state index is 12.2. The molecule has 0 aromatic heterocycles. The molecule has 0 saturated carbocycles. The van der Waals surface area contributed by atoms with Crippen molar-refractivity contribution in [3.05, 3.63) is 35.9 Å². The Balaban J connectivity index is 2.72. The van der Waals surface area contributed by atoms with Crippen molar-refractivity contribution in [3.63, 3.8) is 0 Å². The second kappa shape index (κ2) is 9.16. The Morgan fingerprint density at radius 1 is 1.19 bits per heavy atom. The van der Waals surface area contributed by atoms with Crippen molar-refractivity contribution in [1.29, 1.82) is 0 Å². The Bertz CT molecular complexity index is 445. The number of amides is 2. The molecule has 116 valence electrons. The monoisotopic (exact) mass is 290 g/mol. The minimum atomic E-state index is -0.450. The zero-order chi connectivity index (χ0) is 15.7. The summed E-state index contributed by atoms with van der Waals surface area (Å²) in [5.41, 5.74) is 1.03. The van der Waals surface area contributed by atoms with Crippen LogP contribution in [0.1, 0.15) is 45.6 Å². The molecule has 0 aliphatic carbocycles. The first-order chi connectivity index (χ1) is 10.1. The summed E-state index contributed by atoms with van der Waals surface area (Å²) >= 11 is 0. The summed E-state index contributed by atoms with van der Waals surface area (Å²) in [5, 5.41) is 2.90. The molecule has 0 fully saturated rings. The summed E-state index contributed by atoms with van der Waals surface area (Å²) in [6.45, 7) is 6.83.